The number of fused-ring (bicyclic) bond motifs is 1. The number of aryl methyl sites for hydroxylation is 1. The zero-order valence-corrected chi connectivity index (χ0v) is 13.4. The van der Waals surface area contributed by atoms with Crippen LogP contribution in [0.2, 0.25) is 0 Å². The summed E-state index contributed by atoms with van der Waals surface area (Å²) in [5.41, 5.74) is 2.63. The van der Waals surface area contributed by atoms with E-state index in [1.165, 1.54) is 21.2 Å². The second kappa shape index (κ2) is 6.46. The molecule has 21 heavy (non-hydrogen) atoms. The van der Waals surface area contributed by atoms with E-state index < -0.39 is 0 Å². The monoisotopic (exact) mass is 299 g/mol. The van der Waals surface area contributed by atoms with E-state index in [4.69, 9.17) is 4.42 Å². The molecule has 3 heteroatoms. The quantitative estimate of drug-likeness (QED) is 0.686. The van der Waals surface area contributed by atoms with E-state index >= 15 is 0 Å². The van der Waals surface area contributed by atoms with Gasteiger partial charge in [-0.25, -0.2) is 0 Å². The highest BCUT2D eigenvalue weighted by molar-refractivity contribution is 7.17. The fraction of sp³-hybridized carbons (Fsp3) is 0.333. The first-order chi connectivity index (χ1) is 10.3. The number of thiophene rings is 1. The van der Waals surface area contributed by atoms with E-state index in [1.54, 1.807) is 6.26 Å². The lowest BCUT2D eigenvalue weighted by molar-refractivity contribution is 0.408. The molecular formula is C18H21NOS. The third kappa shape index (κ3) is 3.04. The molecule has 0 aliphatic heterocycles. The Labute approximate surface area is 129 Å². The van der Waals surface area contributed by atoms with E-state index in [2.05, 4.69) is 48.8 Å². The van der Waals surface area contributed by atoms with Gasteiger partial charge in [-0.1, -0.05) is 25.1 Å². The van der Waals surface area contributed by atoms with Crippen LogP contribution in [0.5, 0.6) is 0 Å². The average Bonchev–Trinajstić information content (AvgIpc) is 3.10. The summed E-state index contributed by atoms with van der Waals surface area (Å²) in [6.45, 7) is 5.32. The predicted molar refractivity (Wildman–Crippen MR) is 90.0 cm³/mol. The lowest BCUT2D eigenvalue weighted by Gasteiger charge is -2.17. The van der Waals surface area contributed by atoms with Crippen molar-refractivity contribution in [3.63, 3.8) is 0 Å². The highest BCUT2D eigenvalue weighted by Gasteiger charge is 2.18. The van der Waals surface area contributed by atoms with Crippen LogP contribution >= 0.6 is 11.3 Å². The third-order valence-corrected chi connectivity index (χ3v) is 4.86. The number of benzene rings is 1. The molecule has 0 saturated carbocycles. The first kappa shape index (κ1) is 14.4. The molecule has 2 aromatic heterocycles. The molecule has 0 fully saturated rings. The summed E-state index contributed by atoms with van der Waals surface area (Å²) in [5.74, 6) is 1.07. The van der Waals surface area contributed by atoms with Crippen LogP contribution in [-0.2, 0) is 6.42 Å². The van der Waals surface area contributed by atoms with Gasteiger partial charge in [-0.2, -0.15) is 0 Å². The summed E-state index contributed by atoms with van der Waals surface area (Å²) in [4.78, 5) is 0. The van der Waals surface area contributed by atoms with Crippen LogP contribution < -0.4 is 5.32 Å². The Kier molecular flexibility index (Phi) is 4.42. The summed E-state index contributed by atoms with van der Waals surface area (Å²) in [6, 6.07) is 10.9. The number of nitrogens with one attached hydrogen (secondary N) is 1. The van der Waals surface area contributed by atoms with Gasteiger partial charge >= 0.3 is 0 Å². The van der Waals surface area contributed by atoms with E-state index in [1.807, 2.05) is 17.4 Å². The van der Waals surface area contributed by atoms with Crippen molar-refractivity contribution in [3.8, 4) is 0 Å². The van der Waals surface area contributed by atoms with Crippen molar-refractivity contribution in [1.29, 1.82) is 0 Å². The summed E-state index contributed by atoms with van der Waals surface area (Å²) in [5, 5.41) is 7.28. The van der Waals surface area contributed by atoms with Gasteiger partial charge in [0.05, 0.1) is 12.3 Å². The van der Waals surface area contributed by atoms with Gasteiger partial charge in [0.15, 0.2) is 0 Å². The largest absolute Gasteiger partial charge is 0.467 e. The molecule has 0 bridgehead atoms. The highest BCUT2D eigenvalue weighted by atomic mass is 32.1. The van der Waals surface area contributed by atoms with Crippen LogP contribution in [0.4, 0.5) is 0 Å². The molecule has 1 aromatic carbocycles. The second-order valence-electron chi connectivity index (χ2n) is 5.44. The van der Waals surface area contributed by atoms with Crippen molar-refractivity contribution < 1.29 is 4.42 Å². The Hall–Kier alpha value is -1.58. The molecule has 3 aromatic rings. The maximum absolute atomic E-state index is 5.73. The average molecular weight is 299 g/mol. The SMILES string of the molecule is CCCNC(Cc1csc2ccccc12)c1occc1C. The fourth-order valence-corrected chi connectivity index (χ4v) is 3.70. The maximum atomic E-state index is 5.73. The van der Waals surface area contributed by atoms with Gasteiger partial charge in [0.1, 0.15) is 5.76 Å². The zero-order valence-electron chi connectivity index (χ0n) is 12.6. The summed E-state index contributed by atoms with van der Waals surface area (Å²) >= 11 is 1.82. The first-order valence-corrected chi connectivity index (χ1v) is 8.40. The number of rotatable bonds is 6. The predicted octanol–water partition coefficient (Wildman–Crippen LogP) is 5.09. The van der Waals surface area contributed by atoms with Gasteiger partial charge in [-0.05, 0) is 60.3 Å². The molecule has 1 atom stereocenters. The van der Waals surface area contributed by atoms with Gasteiger partial charge in [0.25, 0.3) is 0 Å². The fourth-order valence-electron chi connectivity index (χ4n) is 2.73. The summed E-state index contributed by atoms with van der Waals surface area (Å²) in [7, 11) is 0. The Morgan fingerprint density at radius 1 is 1.24 bits per heavy atom. The molecule has 3 rings (SSSR count). The van der Waals surface area contributed by atoms with Crippen molar-refractivity contribution in [2.24, 2.45) is 0 Å². The van der Waals surface area contributed by atoms with Gasteiger partial charge in [-0.15, -0.1) is 11.3 Å². The molecule has 2 heterocycles. The Bertz CT molecular complexity index is 713. The minimum absolute atomic E-state index is 0.248. The molecule has 0 saturated heterocycles. The lowest BCUT2D eigenvalue weighted by atomic mass is 10.0. The standard InChI is InChI=1S/C18H21NOS/c1-3-9-19-16(18-13(2)8-10-20-18)11-14-12-21-17-7-5-4-6-15(14)17/h4-8,10,12,16,19H,3,9,11H2,1-2H3. The molecular weight excluding hydrogens is 278 g/mol. The summed E-state index contributed by atoms with van der Waals surface area (Å²) < 4.78 is 7.08. The molecule has 0 radical (unpaired) electrons. The maximum Gasteiger partial charge on any atom is 0.123 e. The van der Waals surface area contributed by atoms with Crippen molar-refractivity contribution >= 4 is 21.4 Å². The van der Waals surface area contributed by atoms with Crippen LogP contribution in [0.15, 0.2) is 46.4 Å². The van der Waals surface area contributed by atoms with Gasteiger partial charge < -0.3 is 9.73 Å². The van der Waals surface area contributed by atoms with E-state index in [0.29, 0.717) is 0 Å². The smallest absolute Gasteiger partial charge is 0.123 e. The van der Waals surface area contributed by atoms with Gasteiger partial charge in [-0.3, -0.25) is 0 Å². The van der Waals surface area contributed by atoms with Crippen LogP contribution in [0.1, 0.15) is 36.3 Å². The Balaban J connectivity index is 1.89. The van der Waals surface area contributed by atoms with Crippen LogP contribution in [0.25, 0.3) is 10.1 Å². The molecule has 110 valence electrons. The molecule has 0 spiro atoms. The number of hydrogen-bond donors (Lipinski definition) is 1. The Morgan fingerprint density at radius 2 is 2.10 bits per heavy atom. The van der Waals surface area contributed by atoms with Crippen molar-refractivity contribution in [2.75, 3.05) is 6.54 Å². The van der Waals surface area contributed by atoms with Gasteiger partial charge in [0.2, 0.25) is 0 Å². The normalized spacial score (nSPS) is 12.9. The molecule has 0 aliphatic carbocycles. The van der Waals surface area contributed by atoms with E-state index in [-0.39, 0.29) is 6.04 Å². The topological polar surface area (TPSA) is 25.2 Å². The number of furan rings is 1. The van der Waals surface area contributed by atoms with Crippen LogP contribution in [0.3, 0.4) is 0 Å². The van der Waals surface area contributed by atoms with Crippen LogP contribution in [-0.4, -0.2) is 6.54 Å². The molecule has 2 nitrogen and oxygen atoms in total. The molecule has 1 N–H and O–H groups in total. The van der Waals surface area contributed by atoms with E-state index in [0.717, 1.165) is 25.1 Å². The minimum Gasteiger partial charge on any atom is -0.467 e. The van der Waals surface area contributed by atoms with Crippen molar-refractivity contribution in [1.82, 2.24) is 5.32 Å². The lowest BCUT2D eigenvalue weighted by Crippen LogP contribution is -2.24. The van der Waals surface area contributed by atoms with Crippen molar-refractivity contribution in [3.05, 3.63) is 58.9 Å². The molecule has 1 unspecified atom stereocenters. The highest BCUT2D eigenvalue weighted by Crippen LogP contribution is 2.30. The first-order valence-electron chi connectivity index (χ1n) is 7.52. The van der Waals surface area contributed by atoms with E-state index in [9.17, 15) is 0 Å². The number of hydrogen-bond acceptors (Lipinski definition) is 3. The molecule has 0 aliphatic rings. The molecule has 0 amide bonds. The van der Waals surface area contributed by atoms with Gasteiger partial charge in [0, 0.05) is 4.70 Å². The van der Waals surface area contributed by atoms with Crippen molar-refractivity contribution in [2.45, 2.75) is 32.7 Å². The minimum atomic E-state index is 0.248. The second-order valence-corrected chi connectivity index (χ2v) is 6.35. The van der Waals surface area contributed by atoms with Crippen LogP contribution in [0, 0.1) is 6.92 Å². The Morgan fingerprint density at radius 3 is 2.86 bits per heavy atom. The summed E-state index contributed by atoms with van der Waals surface area (Å²) in [6.07, 6.45) is 3.88. The zero-order chi connectivity index (χ0) is 14.7. The third-order valence-electron chi connectivity index (χ3n) is 3.84.